The van der Waals surface area contributed by atoms with Gasteiger partial charge in [-0.1, -0.05) is 10.6 Å². The van der Waals surface area contributed by atoms with Crippen molar-refractivity contribution >= 4 is 34.5 Å². The van der Waals surface area contributed by atoms with Crippen LogP contribution in [0.15, 0.2) is 29.0 Å². The first-order chi connectivity index (χ1) is 10.7. The molecule has 0 radical (unpaired) electrons. The highest BCUT2D eigenvalue weighted by Crippen LogP contribution is 2.30. The Morgan fingerprint density at radius 2 is 2.00 bits per heavy atom. The minimum atomic E-state index is -0.692. The molecule has 0 aliphatic carbocycles. The van der Waals surface area contributed by atoms with Crippen LogP contribution in [0.5, 0.6) is 0 Å². The summed E-state index contributed by atoms with van der Waals surface area (Å²) in [6.07, 6.45) is 1.53. The quantitative estimate of drug-likeness (QED) is 0.680. The molecule has 2 heterocycles. The van der Waals surface area contributed by atoms with Gasteiger partial charge in [0.15, 0.2) is 0 Å². The van der Waals surface area contributed by atoms with E-state index in [1.807, 2.05) is 6.07 Å². The summed E-state index contributed by atoms with van der Waals surface area (Å²) in [4.78, 5) is 4.16. The molecule has 0 amide bonds. The molecule has 0 N–H and O–H groups in total. The average Bonchev–Trinajstić information content (AvgIpc) is 3.16. The van der Waals surface area contributed by atoms with Crippen molar-refractivity contribution in [2.75, 3.05) is 0 Å². The minimum Gasteiger partial charge on any atom is -0.235 e. The van der Waals surface area contributed by atoms with Gasteiger partial charge in [-0.3, -0.25) is 0 Å². The second kappa shape index (κ2) is 6.09. The van der Waals surface area contributed by atoms with Gasteiger partial charge < -0.3 is 0 Å². The Bertz CT molecular complexity index is 858. The summed E-state index contributed by atoms with van der Waals surface area (Å²) in [6.45, 7) is 0. The molecular weight excluding hydrogens is 326 g/mol. The van der Waals surface area contributed by atoms with E-state index in [0.29, 0.717) is 10.7 Å². The van der Waals surface area contributed by atoms with Crippen LogP contribution in [0.4, 0.5) is 8.78 Å². The molecule has 0 aliphatic heterocycles. The Balaban J connectivity index is 2.02. The van der Waals surface area contributed by atoms with Gasteiger partial charge in [0.2, 0.25) is 0 Å². The number of halogens is 2. The standard InChI is InChI=1S/C14H6F2N4S2/c15-10-2-1-3-11(16)13(10)12-7-21-14(18-12)8(5-17)4-9-6-22-20-19-9/h1-4,6-7H/b8-4-. The fraction of sp³-hybridized carbons (Fsp3) is 0. The number of hydrogen-bond acceptors (Lipinski definition) is 6. The number of benzene rings is 1. The fourth-order valence-electron chi connectivity index (χ4n) is 1.78. The van der Waals surface area contributed by atoms with E-state index in [1.54, 1.807) is 5.38 Å². The summed E-state index contributed by atoms with van der Waals surface area (Å²) >= 11 is 2.30. The number of rotatable bonds is 3. The predicted octanol–water partition coefficient (Wildman–Crippen LogP) is 4.00. The van der Waals surface area contributed by atoms with Crippen LogP contribution >= 0.6 is 22.9 Å². The summed E-state index contributed by atoms with van der Waals surface area (Å²) in [5.41, 5.74) is 0.766. The molecule has 3 aromatic rings. The maximum absolute atomic E-state index is 13.8. The van der Waals surface area contributed by atoms with Gasteiger partial charge in [0.05, 0.1) is 22.5 Å². The van der Waals surface area contributed by atoms with Crippen LogP contribution in [0.25, 0.3) is 22.9 Å². The van der Waals surface area contributed by atoms with E-state index in [-0.39, 0.29) is 16.8 Å². The SMILES string of the molecule is N#C/C(=C/c1csnn1)c1nc(-c2c(F)cccc2F)cs1. The van der Waals surface area contributed by atoms with Gasteiger partial charge in [-0.2, -0.15) is 5.26 Å². The molecule has 0 spiro atoms. The van der Waals surface area contributed by atoms with Gasteiger partial charge in [-0.05, 0) is 29.7 Å². The number of allylic oxidation sites excluding steroid dienone is 1. The van der Waals surface area contributed by atoms with E-state index in [1.165, 1.54) is 29.7 Å². The molecule has 0 saturated heterocycles. The zero-order valence-electron chi connectivity index (χ0n) is 10.8. The van der Waals surface area contributed by atoms with Gasteiger partial charge in [0, 0.05) is 10.8 Å². The van der Waals surface area contributed by atoms with Crippen LogP contribution in [0, 0.1) is 23.0 Å². The lowest BCUT2D eigenvalue weighted by Crippen LogP contribution is -1.90. The number of nitriles is 1. The molecule has 0 saturated carbocycles. The minimum absolute atomic E-state index is 0.160. The fourth-order valence-corrected chi connectivity index (χ4v) is 2.97. The first-order valence-corrected chi connectivity index (χ1v) is 7.70. The Morgan fingerprint density at radius 3 is 2.64 bits per heavy atom. The number of hydrogen-bond donors (Lipinski definition) is 0. The van der Waals surface area contributed by atoms with Crippen molar-refractivity contribution in [2.45, 2.75) is 0 Å². The molecular formula is C14H6F2N4S2. The second-order valence-corrected chi connectivity index (χ2v) is 5.60. The van der Waals surface area contributed by atoms with E-state index >= 15 is 0 Å². The third-order valence-corrected chi connectivity index (χ3v) is 4.14. The van der Waals surface area contributed by atoms with Gasteiger partial charge >= 0.3 is 0 Å². The Hall–Kier alpha value is -2.50. The Kier molecular flexibility index (Phi) is 4.00. The lowest BCUT2D eigenvalue weighted by Gasteiger charge is -2.00. The number of nitrogens with zero attached hydrogens (tertiary/aromatic N) is 4. The van der Waals surface area contributed by atoms with Gasteiger partial charge in [0.1, 0.15) is 22.7 Å². The highest BCUT2D eigenvalue weighted by molar-refractivity contribution is 7.11. The predicted molar refractivity (Wildman–Crippen MR) is 80.9 cm³/mol. The van der Waals surface area contributed by atoms with Crippen molar-refractivity contribution in [1.29, 1.82) is 5.26 Å². The van der Waals surface area contributed by atoms with E-state index in [2.05, 4.69) is 14.6 Å². The monoisotopic (exact) mass is 332 g/mol. The molecule has 22 heavy (non-hydrogen) atoms. The summed E-state index contributed by atoms with van der Waals surface area (Å²) < 4.78 is 31.2. The second-order valence-electron chi connectivity index (χ2n) is 4.13. The molecule has 4 nitrogen and oxygen atoms in total. The summed E-state index contributed by atoms with van der Waals surface area (Å²) in [6, 6.07) is 5.63. The number of aromatic nitrogens is 3. The molecule has 0 unspecified atom stereocenters. The summed E-state index contributed by atoms with van der Waals surface area (Å²) in [7, 11) is 0. The van der Waals surface area contributed by atoms with Crippen LogP contribution in [-0.2, 0) is 0 Å². The highest BCUT2D eigenvalue weighted by Gasteiger charge is 2.16. The van der Waals surface area contributed by atoms with Crippen LogP contribution in [-0.4, -0.2) is 14.6 Å². The molecule has 3 rings (SSSR count). The molecule has 1 aromatic carbocycles. The normalized spacial score (nSPS) is 11.4. The molecule has 108 valence electrons. The largest absolute Gasteiger partial charge is 0.235 e. The van der Waals surface area contributed by atoms with Crippen molar-refractivity contribution in [3.63, 3.8) is 0 Å². The first-order valence-electron chi connectivity index (χ1n) is 5.98. The molecule has 8 heteroatoms. The maximum Gasteiger partial charge on any atom is 0.135 e. The van der Waals surface area contributed by atoms with Crippen LogP contribution in [0.2, 0.25) is 0 Å². The maximum atomic E-state index is 13.8. The van der Waals surface area contributed by atoms with Crippen molar-refractivity contribution in [3.8, 4) is 17.3 Å². The van der Waals surface area contributed by atoms with Crippen LogP contribution in [0.3, 0.4) is 0 Å². The van der Waals surface area contributed by atoms with E-state index in [4.69, 9.17) is 0 Å². The lowest BCUT2D eigenvalue weighted by molar-refractivity contribution is 0.589. The van der Waals surface area contributed by atoms with Crippen molar-refractivity contribution in [2.24, 2.45) is 0 Å². The molecule has 0 fully saturated rings. The Morgan fingerprint density at radius 1 is 1.23 bits per heavy atom. The zero-order valence-corrected chi connectivity index (χ0v) is 12.5. The third-order valence-electron chi connectivity index (χ3n) is 2.74. The Labute approximate surface area is 132 Å². The van der Waals surface area contributed by atoms with Crippen molar-refractivity contribution in [3.05, 3.63) is 51.3 Å². The highest BCUT2D eigenvalue weighted by atomic mass is 32.1. The number of thiazole rings is 1. The third kappa shape index (κ3) is 2.77. The molecule has 0 bridgehead atoms. The molecule has 2 aromatic heterocycles. The smallest absolute Gasteiger partial charge is 0.135 e. The van der Waals surface area contributed by atoms with Crippen LogP contribution < -0.4 is 0 Å². The van der Waals surface area contributed by atoms with Gasteiger partial charge in [-0.15, -0.1) is 16.4 Å². The first kappa shape index (κ1) is 14.4. The molecule has 0 aliphatic rings. The molecule has 0 atom stereocenters. The van der Waals surface area contributed by atoms with E-state index < -0.39 is 11.6 Å². The lowest BCUT2D eigenvalue weighted by atomic mass is 10.1. The van der Waals surface area contributed by atoms with Crippen LogP contribution in [0.1, 0.15) is 10.7 Å². The van der Waals surface area contributed by atoms with Crippen molar-refractivity contribution in [1.82, 2.24) is 14.6 Å². The van der Waals surface area contributed by atoms with E-state index in [9.17, 15) is 14.0 Å². The van der Waals surface area contributed by atoms with Gasteiger partial charge in [-0.25, -0.2) is 13.8 Å². The topological polar surface area (TPSA) is 62.5 Å². The summed E-state index contributed by atoms with van der Waals surface area (Å²) in [5, 5.41) is 16.6. The van der Waals surface area contributed by atoms with Crippen molar-refractivity contribution < 1.29 is 8.78 Å². The van der Waals surface area contributed by atoms with Gasteiger partial charge in [0.25, 0.3) is 0 Å². The van der Waals surface area contributed by atoms with E-state index in [0.717, 1.165) is 22.9 Å². The average molecular weight is 332 g/mol. The zero-order chi connectivity index (χ0) is 15.5. The summed E-state index contributed by atoms with van der Waals surface area (Å²) in [5.74, 6) is -1.38.